The van der Waals surface area contributed by atoms with E-state index < -0.39 is 0 Å². The first-order valence-electron chi connectivity index (χ1n) is 20.2. The van der Waals surface area contributed by atoms with Gasteiger partial charge in [0, 0.05) is 44.0 Å². The van der Waals surface area contributed by atoms with E-state index in [1.54, 1.807) is 0 Å². The minimum Gasteiger partial charge on any atom is -0.456 e. The first-order valence-corrected chi connectivity index (χ1v) is 20.2. The van der Waals surface area contributed by atoms with E-state index in [-0.39, 0.29) is 0 Å². The largest absolute Gasteiger partial charge is 0.456 e. The molecule has 0 aliphatic heterocycles. The smallest absolute Gasteiger partial charge is 0.136 e. The fourth-order valence-electron chi connectivity index (χ4n) is 9.26. The van der Waals surface area contributed by atoms with Crippen molar-refractivity contribution < 1.29 is 4.42 Å². The second-order valence-electron chi connectivity index (χ2n) is 15.3. The number of hydrogen-bond donors (Lipinski definition) is 0. The molecule has 2 aromatic heterocycles. The van der Waals surface area contributed by atoms with Crippen molar-refractivity contribution in [1.29, 1.82) is 0 Å². The third-order valence-electron chi connectivity index (χ3n) is 12.0. The third kappa shape index (κ3) is 5.36. The Hall–Kier alpha value is -7.88. The van der Waals surface area contributed by atoms with Crippen LogP contribution in [-0.4, -0.2) is 4.57 Å². The summed E-state index contributed by atoms with van der Waals surface area (Å²) in [6.07, 6.45) is 0. The fraction of sp³-hybridized carbons (Fsp3) is 0. The summed E-state index contributed by atoms with van der Waals surface area (Å²) in [7, 11) is 0. The van der Waals surface area contributed by atoms with Crippen molar-refractivity contribution in [1.82, 2.24) is 4.57 Å². The topological polar surface area (TPSA) is 21.3 Å². The highest BCUT2D eigenvalue weighted by molar-refractivity contribution is 6.16. The van der Waals surface area contributed by atoms with Crippen LogP contribution in [0.15, 0.2) is 223 Å². The zero-order valence-electron chi connectivity index (χ0n) is 32.1. The minimum atomic E-state index is 0.901. The van der Waals surface area contributed by atoms with Crippen LogP contribution in [0.25, 0.3) is 93.2 Å². The Morgan fingerprint density at radius 3 is 1.58 bits per heavy atom. The summed E-state index contributed by atoms with van der Waals surface area (Å²) in [5, 5.41) is 9.72. The number of rotatable bonds is 6. The van der Waals surface area contributed by atoms with Crippen molar-refractivity contribution in [2.75, 3.05) is 4.90 Å². The van der Waals surface area contributed by atoms with Gasteiger partial charge < -0.3 is 13.9 Å². The van der Waals surface area contributed by atoms with Crippen LogP contribution in [-0.2, 0) is 0 Å². The number of fused-ring (bicyclic) bond motifs is 9. The van der Waals surface area contributed by atoms with Gasteiger partial charge in [0.05, 0.1) is 16.7 Å². The molecule has 12 aromatic rings. The SMILES string of the molecule is c1ccc2c(c1)ccc1cccc(N(c3ccc(-c4ccc(-n5c6ccccc6c6ccccc65)cc4)cc3)c3ccc(-c4cccc5oc6ccccc6c45)cc3)c12. The summed E-state index contributed by atoms with van der Waals surface area (Å²) >= 11 is 0. The van der Waals surface area contributed by atoms with Crippen LogP contribution in [0.5, 0.6) is 0 Å². The fourth-order valence-corrected chi connectivity index (χ4v) is 9.26. The summed E-state index contributed by atoms with van der Waals surface area (Å²) in [6, 6.07) is 78.7. The van der Waals surface area contributed by atoms with Crippen molar-refractivity contribution in [3.63, 3.8) is 0 Å². The second-order valence-corrected chi connectivity index (χ2v) is 15.3. The highest BCUT2D eigenvalue weighted by Crippen LogP contribution is 2.44. The van der Waals surface area contributed by atoms with E-state index in [4.69, 9.17) is 4.42 Å². The van der Waals surface area contributed by atoms with Gasteiger partial charge in [0.2, 0.25) is 0 Å². The van der Waals surface area contributed by atoms with Crippen LogP contribution in [0.4, 0.5) is 17.1 Å². The van der Waals surface area contributed by atoms with Crippen molar-refractivity contribution >= 4 is 82.4 Å². The molecule has 2 heterocycles. The van der Waals surface area contributed by atoms with E-state index in [1.165, 1.54) is 54.5 Å². The maximum absolute atomic E-state index is 6.25. The Balaban J connectivity index is 0.962. The van der Waals surface area contributed by atoms with Crippen LogP contribution in [0.2, 0.25) is 0 Å². The molecule has 59 heavy (non-hydrogen) atoms. The van der Waals surface area contributed by atoms with E-state index in [0.29, 0.717) is 0 Å². The third-order valence-corrected chi connectivity index (χ3v) is 12.0. The first-order chi connectivity index (χ1) is 29.3. The number of benzene rings is 10. The zero-order valence-corrected chi connectivity index (χ0v) is 32.1. The predicted molar refractivity (Wildman–Crippen MR) is 249 cm³/mol. The summed E-state index contributed by atoms with van der Waals surface area (Å²) in [6.45, 7) is 0. The average molecular weight is 753 g/mol. The molecule has 276 valence electrons. The Kier molecular flexibility index (Phi) is 7.54. The van der Waals surface area contributed by atoms with Gasteiger partial charge in [0.25, 0.3) is 0 Å². The van der Waals surface area contributed by atoms with E-state index in [9.17, 15) is 0 Å². The highest BCUT2D eigenvalue weighted by Gasteiger charge is 2.19. The van der Waals surface area contributed by atoms with Gasteiger partial charge in [-0.05, 0) is 105 Å². The van der Waals surface area contributed by atoms with E-state index in [1.807, 2.05) is 12.1 Å². The Morgan fingerprint density at radius 1 is 0.339 bits per heavy atom. The lowest BCUT2D eigenvalue weighted by Gasteiger charge is -2.28. The molecule has 0 aliphatic carbocycles. The second kappa shape index (κ2) is 13.4. The number of hydrogen-bond acceptors (Lipinski definition) is 2. The van der Waals surface area contributed by atoms with Crippen LogP contribution in [0.3, 0.4) is 0 Å². The molecule has 0 saturated carbocycles. The molecular weight excluding hydrogens is 717 g/mol. The maximum Gasteiger partial charge on any atom is 0.136 e. The standard InChI is InChI=1S/C56H36N2O/c1-2-13-45-39(11-1)23-24-41-12-9-20-52(55(41)45)57(43-35-29-40(30-36-43)46-17-10-22-54-56(46)49-16-5-8-21-53(49)59-54)42-31-25-37(26-32-42)38-27-33-44(34-28-38)58-50-18-6-3-14-47(50)48-15-4-7-19-51(48)58/h1-36H. The van der Waals surface area contributed by atoms with Crippen LogP contribution in [0.1, 0.15) is 0 Å². The molecule has 0 N–H and O–H groups in total. The summed E-state index contributed by atoms with van der Waals surface area (Å²) in [5.74, 6) is 0. The molecule has 0 aliphatic rings. The zero-order chi connectivity index (χ0) is 38.9. The van der Waals surface area contributed by atoms with Gasteiger partial charge in [-0.25, -0.2) is 0 Å². The molecule has 0 amide bonds. The minimum absolute atomic E-state index is 0.901. The van der Waals surface area contributed by atoms with Gasteiger partial charge in [-0.15, -0.1) is 0 Å². The molecule has 0 saturated heterocycles. The Bertz CT molecular complexity index is 3480. The van der Waals surface area contributed by atoms with Crippen molar-refractivity contribution in [2.24, 2.45) is 0 Å². The molecule has 0 atom stereocenters. The molecule has 0 unspecified atom stereocenters. The van der Waals surface area contributed by atoms with Gasteiger partial charge in [-0.3, -0.25) is 0 Å². The Morgan fingerprint density at radius 2 is 0.864 bits per heavy atom. The molecule has 10 aromatic carbocycles. The Labute approximate surface area is 341 Å². The lowest BCUT2D eigenvalue weighted by Crippen LogP contribution is -2.10. The van der Waals surface area contributed by atoms with Gasteiger partial charge in [0.15, 0.2) is 0 Å². The normalized spacial score (nSPS) is 11.7. The number of anilines is 3. The number of para-hydroxylation sites is 3. The monoisotopic (exact) mass is 752 g/mol. The van der Waals surface area contributed by atoms with Crippen LogP contribution < -0.4 is 4.90 Å². The predicted octanol–water partition coefficient (Wildman–Crippen LogP) is 15.8. The lowest BCUT2D eigenvalue weighted by molar-refractivity contribution is 0.669. The molecular formula is C56H36N2O. The molecule has 12 rings (SSSR count). The first kappa shape index (κ1) is 33.3. The van der Waals surface area contributed by atoms with Crippen molar-refractivity contribution in [2.45, 2.75) is 0 Å². The molecule has 0 fully saturated rings. The highest BCUT2D eigenvalue weighted by atomic mass is 16.3. The quantitative estimate of drug-likeness (QED) is 0.158. The number of nitrogens with zero attached hydrogens (tertiary/aromatic N) is 2. The van der Waals surface area contributed by atoms with Crippen LogP contribution >= 0.6 is 0 Å². The summed E-state index contributed by atoms with van der Waals surface area (Å²) < 4.78 is 8.62. The van der Waals surface area contributed by atoms with Gasteiger partial charge in [0.1, 0.15) is 11.2 Å². The molecule has 3 heteroatoms. The summed E-state index contributed by atoms with van der Waals surface area (Å²) in [5.41, 5.74) is 13.4. The van der Waals surface area contributed by atoms with Crippen molar-refractivity contribution in [3.8, 4) is 27.9 Å². The van der Waals surface area contributed by atoms with Gasteiger partial charge >= 0.3 is 0 Å². The molecule has 0 bridgehead atoms. The van der Waals surface area contributed by atoms with Gasteiger partial charge in [-0.1, -0.05) is 152 Å². The molecule has 0 spiro atoms. The maximum atomic E-state index is 6.25. The van der Waals surface area contributed by atoms with E-state index in [2.05, 4.69) is 216 Å². The van der Waals surface area contributed by atoms with Crippen LogP contribution in [0, 0.1) is 0 Å². The van der Waals surface area contributed by atoms with E-state index >= 15 is 0 Å². The summed E-state index contributed by atoms with van der Waals surface area (Å²) in [4.78, 5) is 2.40. The number of furan rings is 1. The van der Waals surface area contributed by atoms with Crippen molar-refractivity contribution in [3.05, 3.63) is 218 Å². The average Bonchev–Trinajstić information content (AvgIpc) is 3.86. The lowest BCUT2D eigenvalue weighted by atomic mass is 9.97. The van der Waals surface area contributed by atoms with E-state index in [0.717, 1.165) is 55.8 Å². The molecule has 3 nitrogen and oxygen atoms in total. The molecule has 0 radical (unpaired) electrons. The van der Waals surface area contributed by atoms with Gasteiger partial charge in [-0.2, -0.15) is 0 Å². The number of aromatic nitrogens is 1.